The number of nitrogens with zero attached hydrogens (tertiary/aromatic N) is 2. The molecule has 0 saturated heterocycles. The van der Waals surface area contributed by atoms with Crippen LogP contribution in [0, 0.1) is 0 Å². The molecule has 288 valence electrons. The molecule has 9 aromatic carbocycles. The number of benzene rings is 9. The van der Waals surface area contributed by atoms with Gasteiger partial charge >= 0.3 is 0 Å². The van der Waals surface area contributed by atoms with Gasteiger partial charge in [0.15, 0.2) is 0 Å². The Bertz CT molecular complexity index is 3060. The van der Waals surface area contributed by atoms with Crippen molar-refractivity contribution in [2.24, 2.45) is 0 Å². The lowest BCUT2D eigenvalue weighted by Gasteiger charge is -2.37. The van der Waals surface area contributed by atoms with Crippen LogP contribution >= 0.6 is 0 Å². The number of rotatable bonds is 7. The third-order valence-corrected chi connectivity index (χ3v) is 16.8. The predicted octanol–water partition coefficient (Wildman–Crippen LogP) is 14.6. The van der Waals surface area contributed by atoms with Crippen molar-refractivity contribution in [1.29, 1.82) is 0 Å². The van der Waals surface area contributed by atoms with Crippen LogP contribution in [0.1, 0.15) is 25.0 Å². The quantitative estimate of drug-likeness (QED) is 0.149. The zero-order valence-electron chi connectivity index (χ0n) is 34.5. The second-order valence-electron chi connectivity index (χ2n) is 17.3. The Morgan fingerprint density at radius 1 is 0.367 bits per heavy atom. The van der Waals surface area contributed by atoms with E-state index in [4.69, 9.17) is 0 Å². The molecule has 0 spiro atoms. The van der Waals surface area contributed by atoms with Crippen molar-refractivity contribution in [3.05, 3.63) is 217 Å². The molecule has 3 heteroatoms. The minimum atomic E-state index is -2.24. The molecule has 2 aliphatic rings. The Labute approximate surface area is 354 Å². The van der Waals surface area contributed by atoms with E-state index in [0.717, 1.165) is 22.7 Å². The molecule has 0 amide bonds. The highest BCUT2D eigenvalue weighted by molar-refractivity contribution is 7.03. The third-order valence-electron chi connectivity index (χ3n) is 13.2. The first kappa shape index (κ1) is 36.2. The van der Waals surface area contributed by atoms with Crippen molar-refractivity contribution in [2.75, 3.05) is 9.80 Å². The second kappa shape index (κ2) is 13.8. The first-order valence-electron chi connectivity index (χ1n) is 21.1. The minimum Gasteiger partial charge on any atom is -0.311 e. The van der Waals surface area contributed by atoms with Crippen molar-refractivity contribution in [2.45, 2.75) is 32.4 Å². The summed E-state index contributed by atoms with van der Waals surface area (Å²) in [6.07, 6.45) is 0. The van der Waals surface area contributed by atoms with Crippen molar-refractivity contribution in [3.63, 3.8) is 0 Å². The smallest absolute Gasteiger partial charge is 0.113 e. The molecule has 0 N–H and O–H groups in total. The normalized spacial score (nSPS) is 13.9. The predicted molar refractivity (Wildman–Crippen MR) is 258 cm³/mol. The van der Waals surface area contributed by atoms with Crippen LogP contribution in [0.25, 0.3) is 44.2 Å². The molecule has 1 heterocycles. The topological polar surface area (TPSA) is 6.48 Å². The highest BCUT2D eigenvalue weighted by Gasteiger charge is 2.38. The fraction of sp³-hybridized carbons (Fsp3) is 0.0877. The molecule has 60 heavy (non-hydrogen) atoms. The van der Waals surface area contributed by atoms with E-state index in [9.17, 15) is 0 Å². The standard InChI is InChI=1S/C57H46N2Si/c1-57(2)50-28-16-14-26-45(50)46-33-31-42(37-51(46)57)59(52-29-17-15-25-44(52)39-19-8-5-9-20-39)53-36-35-48-47-34-32-43(38-55(47)60(3,4)54-30-18-27-49(53)56(48)54)58(40-21-10-6-11-22-40)41-23-12-7-13-24-41/h5-38H,1-4H3. The van der Waals surface area contributed by atoms with Gasteiger partial charge in [-0.3, -0.25) is 0 Å². The molecule has 1 aliphatic carbocycles. The summed E-state index contributed by atoms with van der Waals surface area (Å²) in [5, 5.41) is 5.61. The van der Waals surface area contributed by atoms with E-state index in [1.807, 2.05) is 0 Å². The van der Waals surface area contributed by atoms with Gasteiger partial charge in [-0.15, -0.1) is 0 Å². The van der Waals surface area contributed by atoms with Gasteiger partial charge in [-0.1, -0.05) is 173 Å². The Kier molecular flexibility index (Phi) is 8.33. The molecule has 0 fully saturated rings. The highest BCUT2D eigenvalue weighted by Crippen LogP contribution is 2.52. The second-order valence-corrected chi connectivity index (χ2v) is 21.7. The number of hydrogen-bond donors (Lipinski definition) is 0. The third kappa shape index (κ3) is 5.53. The molecule has 0 radical (unpaired) electrons. The van der Waals surface area contributed by atoms with Gasteiger partial charge in [0.2, 0.25) is 0 Å². The zero-order valence-corrected chi connectivity index (χ0v) is 35.5. The molecule has 0 unspecified atom stereocenters. The van der Waals surface area contributed by atoms with E-state index in [2.05, 4.69) is 243 Å². The van der Waals surface area contributed by atoms with Crippen LogP contribution in [-0.2, 0) is 5.41 Å². The van der Waals surface area contributed by atoms with Crippen molar-refractivity contribution < 1.29 is 0 Å². The molecule has 0 saturated carbocycles. The molecule has 9 aromatic rings. The Balaban J connectivity index is 1.13. The molecule has 11 rings (SSSR count). The SMILES string of the molecule is CC1(C)c2ccccc2-c2ccc(N(c3ccccc3-c3ccccc3)c3ccc4c5c(cccc35)[Si](C)(C)c3cc(N(c5ccccc5)c5ccccc5)ccc3-4)cc21. The maximum Gasteiger partial charge on any atom is 0.113 e. The number of para-hydroxylation sites is 3. The van der Waals surface area contributed by atoms with Gasteiger partial charge in [0.25, 0.3) is 0 Å². The van der Waals surface area contributed by atoms with E-state index in [-0.39, 0.29) is 5.41 Å². The average Bonchev–Trinajstić information content (AvgIpc) is 3.52. The van der Waals surface area contributed by atoms with Crippen LogP contribution in [0.5, 0.6) is 0 Å². The van der Waals surface area contributed by atoms with Gasteiger partial charge in [0.1, 0.15) is 8.07 Å². The summed E-state index contributed by atoms with van der Waals surface area (Å²) in [6, 6.07) is 76.4. The van der Waals surface area contributed by atoms with Gasteiger partial charge in [-0.25, -0.2) is 0 Å². The monoisotopic (exact) mass is 786 g/mol. The van der Waals surface area contributed by atoms with Crippen LogP contribution in [0.3, 0.4) is 0 Å². The molecule has 1 aliphatic heterocycles. The van der Waals surface area contributed by atoms with Gasteiger partial charge in [-0.05, 0) is 115 Å². The van der Waals surface area contributed by atoms with E-state index >= 15 is 0 Å². The molecule has 0 bridgehead atoms. The fourth-order valence-electron chi connectivity index (χ4n) is 10.3. The molecule has 0 aromatic heterocycles. The summed E-state index contributed by atoms with van der Waals surface area (Å²) in [7, 11) is -2.24. The lowest BCUT2D eigenvalue weighted by Crippen LogP contribution is -2.56. The van der Waals surface area contributed by atoms with E-state index in [0.29, 0.717) is 0 Å². The molecular formula is C57H46N2Si. The largest absolute Gasteiger partial charge is 0.311 e. The molecule has 0 atom stereocenters. The summed E-state index contributed by atoms with van der Waals surface area (Å²) in [5.41, 5.74) is 17.4. The maximum absolute atomic E-state index is 2.54. The number of fused-ring (bicyclic) bond motifs is 5. The zero-order chi connectivity index (χ0) is 40.6. The fourth-order valence-corrected chi connectivity index (χ4v) is 13.4. The summed E-state index contributed by atoms with van der Waals surface area (Å²) in [5.74, 6) is 0. The summed E-state index contributed by atoms with van der Waals surface area (Å²) in [4.78, 5) is 4.93. The summed E-state index contributed by atoms with van der Waals surface area (Å²) in [6.45, 7) is 9.83. The van der Waals surface area contributed by atoms with E-state index < -0.39 is 8.07 Å². The Morgan fingerprint density at radius 3 is 1.65 bits per heavy atom. The van der Waals surface area contributed by atoms with Crippen molar-refractivity contribution >= 4 is 63.3 Å². The Morgan fingerprint density at radius 2 is 0.933 bits per heavy atom. The number of hydrogen-bond acceptors (Lipinski definition) is 2. The van der Waals surface area contributed by atoms with Crippen LogP contribution in [-0.4, -0.2) is 8.07 Å². The maximum atomic E-state index is 2.54. The Hall–Kier alpha value is -6.94. The summed E-state index contributed by atoms with van der Waals surface area (Å²) < 4.78 is 0. The van der Waals surface area contributed by atoms with Crippen LogP contribution < -0.4 is 20.2 Å². The van der Waals surface area contributed by atoms with E-state index in [1.54, 1.807) is 0 Å². The van der Waals surface area contributed by atoms with Crippen LogP contribution in [0.2, 0.25) is 13.1 Å². The lowest BCUT2D eigenvalue weighted by atomic mass is 9.82. The van der Waals surface area contributed by atoms with Gasteiger partial charge < -0.3 is 9.80 Å². The molecular weight excluding hydrogens is 741 g/mol. The highest BCUT2D eigenvalue weighted by atomic mass is 28.3. The first-order chi connectivity index (χ1) is 29.3. The van der Waals surface area contributed by atoms with E-state index in [1.165, 1.54) is 77.0 Å². The van der Waals surface area contributed by atoms with Crippen molar-refractivity contribution in [1.82, 2.24) is 0 Å². The summed E-state index contributed by atoms with van der Waals surface area (Å²) >= 11 is 0. The average molecular weight is 787 g/mol. The van der Waals surface area contributed by atoms with Gasteiger partial charge in [-0.2, -0.15) is 0 Å². The van der Waals surface area contributed by atoms with Crippen LogP contribution in [0.15, 0.2) is 206 Å². The van der Waals surface area contributed by atoms with Crippen molar-refractivity contribution in [3.8, 4) is 33.4 Å². The first-order valence-corrected chi connectivity index (χ1v) is 24.1. The molecule has 2 nitrogen and oxygen atoms in total. The minimum absolute atomic E-state index is 0.124. The number of anilines is 6. The van der Waals surface area contributed by atoms with Gasteiger partial charge in [0, 0.05) is 39.1 Å². The lowest BCUT2D eigenvalue weighted by molar-refractivity contribution is 0.660. The van der Waals surface area contributed by atoms with Crippen LogP contribution in [0.4, 0.5) is 34.1 Å². The van der Waals surface area contributed by atoms with Gasteiger partial charge in [0.05, 0.1) is 11.4 Å².